The molecule has 1 aliphatic carbocycles. The second kappa shape index (κ2) is 5.77. The number of nitrogens with zero attached hydrogens (tertiary/aromatic N) is 1. The summed E-state index contributed by atoms with van der Waals surface area (Å²) in [6, 6.07) is 12.5. The van der Waals surface area contributed by atoms with Crippen molar-refractivity contribution >= 4 is 0 Å². The Morgan fingerprint density at radius 2 is 2.11 bits per heavy atom. The Hall–Kier alpha value is -1.99. The molecule has 1 heteroatoms. The van der Waals surface area contributed by atoms with Gasteiger partial charge in [-0.1, -0.05) is 49.1 Å². The van der Waals surface area contributed by atoms with Crippen LogP contribution in [-0.2, 0) is 0 Å². The molecule has 1 saturated carbocycles. The van der Waals surface area contributed by atoms with Crippen molar-refractivity contribution in [2.45, 2.75) is 32.6 Å². The molecule has 0 bridgehead atoms. The first-order valence-electron chi connectivity index (χ1n) is 6.74. The molecule has 0 heterocycles. The van der Waals surface area contributed by atoms with Crippen LogP contribution in [-0.4, -0.2) is 0 Å². The average molecular weight is 249 g/mol. The van der Waals surface area contributed by atoms with E-state index in [1.807, 2.05) is 30.3 Å². The van der Waals surface area contributed by atoms with Crippen molar-refractivity contribution < 1.29 is 0 Å². The normalized spacial score (nSPS) is 25.5. The van der Waals surface area contributed by atoms with E-state index < -0.39 is 0 Å². The first-order chi connectivity index (χ1) is 9.14. The first kappa shape index (κ1) is 13.4. The molecule has 0 spiro atoms. The minimum Gasteiger partial charge on any atom is -0.198 e. The standard InChI is InChI=1S/C18H19N/c1-15-12-17(14-19)18(2,13-15)11-7-6-10-16-8-4-3-5-9-16/h3-5,8-9,17H,1,7,11-13H2,2H3. The third-order valence-electron chi connectivity index (χ3n) is 3.97. The lowest BCUT2D eigenvalue weighted by Crippen LogP contribution is -2.20. The SMILES string of the molecule is C=C1CC(C#N)C(C)(CCC#Cc2ccccc2)C1. The molecule has 0 N–H and O–H groups in total. The van der Waals surface area contributed by atoms with Gasteiger partial charge in [0.2, 0.25) is 0 Å². The first-order valence-corrected chi connectivity index (χ1v) is 6.74. The van der Waals surface area contributed by atoms with Crippen molar-refractivity contribution in [2.75, 3.05) is 0 Å². The molecule has 96 valence electrons. The van der Waals surface area contributed by atoms with Gasteiger partial charge in [-0.25, -0.2) is 0 Å². The molecule has 1 aromatic carbocycles. The minimum atomic E-state index is 0.0667. The van der Waals surface area contributed by atoms with Gasteiger partial charge in [-0.05, 0) is 36.8 Å². The lowest BCUT2D eigenvalue weighted by molar-refractivity contribution is 0.260. The molecule has 0 radical (unpaired) electrons. The monoisotopic (exact) mass is 249 g/mol. The van der Waals surface area contributed by atoms with Crippen LogP contribution >= 0.6 is 0 Å². The molecule has 19 heavy (non-hydrogen) atoms. The largest absolute Gasteiger partial charge is 0.198 e. The van der Waals surface area contributed by atoms with Crippen LogP contribution in [0, 0.1) is 34.5 Å². The summed E-state index contributed by atoms with van der Waals surface area (Å²) >= 11 is 0. The fraction of sp³-hybridized carbons (Fsp3) is 0.389. The van der Waals surface area contributed by atoms with E-state index in [0.29, 0.717) is 0 Å². The van der Waals surface area contributed by atoms with E-state index in [0.717, 1.165) is 31.2 Å². The fourth-order valence-corrected chi connectivity index (χ4v) is 2.80. The lowest BCUT2D eigenvalue weighted by Gasteiger charge is -2.25. The van der Waals surface area contributed by atoms with Gasteiger partial charge in [0, 0.05) is 12.0 Å². The minimum absolute atomic E-state index is 0.0667. The van der Waals surface area contributed by atoms with Crippen molar-refractivity contribution in [1.82, 2.24) is 0 Å². The highest BCUT2D eigenvalue weighted by Crippen LogP contribution is 2.48. The van der Waals surface area contributed by atoms with Crippen molar-refractivity contribution in [3.63, 3.8) is 0 Å². The molecule has 2 atom stereocenters. The highest BCUT2D eigenvalue weighted by Gasteiger charge is 2.40. The van der Waals surface area contributed by atoms with Gasteiger partial charge in [-0.2, -0.15) is 5.26 Å². The van der Waals surface area contributed by atoms with E-state index in [1.54, 1.807) is 0 Å². The van der Waals surface area contributed by atoms with Crippen LogP contribution in [0.1, 0.15) is 38.2 Å². The highest BCUT2D eigenvalue weighted by molar-refractivity contribution is 5.33. The molecule has 2 unspecified atom stereocenters. The molecule has 1 nitrogen and oxygen atoms in total. The van der Waals surface area contributed by atoms with Crippen LogP contribution in [0.3, 0.4) is 0 Å². The number of hydrogen-bond donors (Lipinski definition) is 0. The van der Waals surface area contributed by atoms with Crippen LogP contribution in [0.2, 0.25) is 0 Å². The van der Waals surface area contributed by atoms with Crippen molar-refractivity contribution in [1.29, 1.82) is 5.26 Å². The quantitative estimate of drug-likeness (QED) is 0.566. The lowest BCUT2D eigenvalue weighted by atomic mass is 9.77. The van der Waals surface area contributed by atoms with E-state index in [2.05, 4.69) is 31.4 Å². The van der Waals surface area contributed by atoms with Gasteiger partial charge < -0.3 is 0 Å². The summed E-state index contributed by atoms with van der Waals surface area (Å²) in [5.41, 5.74) is 2.34. The Kier molecular flexibility index (Phi) is 4.08. The zero-order valence-corrected chi connectivity index (χ0v) is 11.4. The van der Waals surface area contributed by atoms with Crippen LogP contribution in [0.25, 0.3) is 0 Å². The molecular formula is C18H19N. The van der Waals surface area contributed by atoms with Crippen LogP contribution in [0.5, 0.6) is 0 Å². The number of allylic oxidation sites excluding steroid dienone is 1. The van der Waals surface area contributed by atoms with Gasteiger partial charge in [0.05, 0.1) is 12.0 Å². The van der Waals surface area contributed by atoms with Gasteiger partial charge in [-0.15, -0.1) is 0 Å². The van der Waals surface area contributed by atoms with Gasteiger partial charge in [0.15, 0.2) is 0 Å². The second-order valence-corrected chi connectivity index (χ2v) is 5.63. The summed E-state index contributed by atoms with van der Waals surface area (Å²) in [4.78, 5) is 0. The predicted octanol–water partition coefficient (Wildman–Crippen LogP) is 4.31. The summed E-state index contributed by atoms with van der Waals surface area (Å²) in [6.07, 6.45) is 3.65. The molecule has 1 aliphatic rings. The van der Waals surface area contributed by atoms with Gasteiger partial charge in [0.25, 0.3) is 0 Å². The molecule has 1 aromatic rings. The van der Waals surface area contributed by atoms with Gasteiger partial charge >= 0.3 is 0 Å². The Bertz CT molecular complexity index is 553. The van der Waals surface area contributed by atoms with E-state index in [9.17, 15) is 5.26 Å². The van der Waals surface area contributed by atoms with Gasteiger partial charge in [-0.3, -0.25) is 0 Å². The highest BCUT2D eigenvalue weighted by atomic mass is 14.4. The third-order valence-corrected chi connectivity index (χ3v) is 3.97. The topological polar surface area (TPSA) is 23.8 Å². The van der Waals surface area contributed by atoms with Crippen LogP contribution < -0.4 is 0 Å². The van der Waals surface area contributed by atoms with Crippen molar-refractivity contribution in [3.8, 4) is 17.9 Å². The summed E-state index contributed by atoms with van der Waals surface area (Å²) in [5, 5.41) is 9.23. The molecule has 0 amide bonds. The maximum absolute atomic E-state index is 9.23. The molecule has 2 rings (SSSR count). The Morgan fingerprint density at radius 1 is 1.37 bits per heavy atom. The molecule has 1 fully saturated rings. The number of hydrogen-bond acceptors (Lipinski definition) is 1. The van der Waals surface area contributed by atoms with E-state index >= 15 is 0 Å². The maximum atomic E-state index is 9.23. The van der Waals surface area contributed by atoms with Gasteiger partial charge in [0.1, 0.15) is 0 Å². The van der Waals surface area contributed by atoms with E-state index in [4.69, 9.17) is 0 Å². The second-order valence-electron chi connectivity index (χ2n) is 5.63. The zero-order chi connectivity index (χ0) is 13.7. The average Bonchev–Trinajstić information content (AvgIpc) is 2.71. The number of benzene rings is 1. The summed E-state index contributed by atoms with van der Waals surface area (Å²) in [7, 11) is 0. The zero-order valence-electron chi connectivity index (χ0n) is 11.4. The summed E-state index contributed by atoms with van der Waals surface area (Å²) in [6.45, 7) is 6.23. The Balaban J connectivity index is 1.94. The third kappa shape index (κ3) is 3.27. The summed E-state index contributed by atoms with van der Waals surface area (Å²) < 4.78 is 0. The number of nitriles is 1. The Morgan fingerprint density at radius 3 is 2.79 bits per heavy atom. The predicted molar refractivity (Wildman–Crippen MR) is 78.1 cm³/mol. The number of rotatable bonds is 2. The molecular weight excluding hydrogens is 230 g/mol. The smallest absolute Gasteiger partial charge is 0.0665 e. The fourth-order valence-electron chi connectivity index (χ4n) is 2.80. The van der Waals surface area contributed by atoms with Crippen molar-refractivity contribution in [2.24, 2.45) is 11.3 Å². The van der Waals surface area contributed by atoms with Crippen LogP contribution in [0.4, 0.5) is 0 Å². The molecule has 0 aliphatic heterocycles. The van der Waals surface area contributed by atoms with E-state index in [1.165, 1.54) is 5.57 Å². The van der Waals surface area contributed by atoms with E-state index in [-0.39, 0.29) is 11.3 Å². The maximum Gasteiger partial charge on any atom is 0.0665 e. The molecule has 0 saturated heterocycles. The van der Waals surface area contributed by atoms with Crippen LogP contribution in [0.15, 0.2) is 42.5 Å². The summed E-state index contributed by atoms with van der Waals surface area (Å²) in [5.74, 6) is 6.51. The van der Waals surface area contributed by atoms with Crippen molar-refractivity contribution in [3.05, 3.63) is 48.0 Å². The molecule has 0 aromatic heterocycles. The Labute approximate surface area is 116 Å².